The minimum Gasteiger partial charge on any atom is -0.459 e. The van der Waals surface area contributed by atoms with Crippen molar-refractivity contribution < 1.29 is 18.7 Å². The molecule has 8 heteroatoms. The zero-order chi connectivity index (χ0) is 19.8. The van der Waals surface area contributed by atoms with Gasteiger partial charge in [0.2, 0.25) is 5.91 Å². The third-order valence-electron chi connectivity index (χ3n) is 4.49. The fourth-order valence-electron chi connectivity index (χ4n) is 2.95. The van der Waals surface area contributed by atoms with E-state index >= 15 is 0 Å². The second-order valence-corrected chi connectivity index (χ2v) is 7.41. The molecule has 28 heavy (non-hydrogen) atoms. The average Bonchev–Trinajstić information content (AvgIpc) is 3.27. The van der Waals surface area contributed by atoms with Crippen molar-refractivity contribution in [3.8, 4) is 0 Å². The number of nitrogens with zero attached hydrogens (tertiary/aromatic N) is 1. The fraction of sp³-hybridized carbons (Fsp3) is 0.400. The van der Waals surface area contributed by atoms with E-state index in [1.54, 1.807) is 23.9 Å². The number of nitrogens with one attached hydrogen (secondary N) is 2. The van der Waals surface area contributed by atoms with Crippen molar-refractivity contribution >= 4 is 35.0 Å². The summed E-state index contributed by atoms with van der Waals surface area (Å²) < 4.78 is 10.5. The minimum atomic E-state index is -0.635. The Morgan fingerprint density at radius 3 is 2.57 bits per heavy atom. The summed E-state index contributed by atoms with van der Waals surface area (Å²) in [6.45, 7) is 3.18. The molecule has 1 atom stereocenters. The molecule has 7 nitrogen and oxygen atoms in total. The van der Waals surface area contributed by atoms with E-state index in [0.29, 0.717) is 12.1 Å². The lowest BCUT2D eigenvalue weighted by Gasteiger charge is -2.29. The van der Waals surface area contributed by atoms with Gasteiger partial charge in [-0.1, -0.05) is 0 Å². The molecule has 1 aromatic carbocycles. The first kappa shape index (κ1) is 20.3. The Balaban J connectivity index is 1.61. The number of hydrogen-bond acceptors (Lipinski definition) is 6. The topological polar surface area (TPSA) is 83.8 Å². The van der Waals surface area contributed by atoms with Crippen molar-refractivity contribution in [1.82, 2.24) is 5.32 Å². The van der Waals surface area contributed by atoms with Gasteiger partial charge in [-0.2, -0.15) is 11.8 Å². The zero-order valence-electron chi connectivity index (χ0n) is 15.8. The van der Waals surface area contributed by atoms with Crippen molar-refractivity contribution in [2.45, 2.75) is 12.5 Å². The first-order chi connectivity index (χ1) is 13.7. The third kappa shape index (κ3) is 5.53. The van der Waals surface area contributed by atoms with Gasteiger partial charge in [0.05, 0.1) is 19.5 Å². The van der Waals surface area contributed by atoms with Gasteiger partial charge in [0.1, 0.15) is 6.04 Å². The van der Waals surface area contributed by atoms with Gasteiger partial charge in [0, 0.05) is 24.5 Å². The summed E-state index contributed by atoms with van der Waals surface area (Å²) >= 11 is 1.63. The maximum Gasteiger partial charge on any atom is 0.287 e. The number of ether oxygens (including phenoxy) is 1. The Bertz CT molecular complexity index is 758. The number of rotatable bonds is 8. The van der Waals surface area contributed by atoms with Gasteiger partial charge in [-0.3, -0.25) is 9.59 Å². The normalized spacial score (nSPS) is 15.1. The highest BCUT2D eigenvalue weighted by atomic mass is 32.2. The lowest BCUT2D eigenvalue weighted by atomic mass is 10.2. The van der Waals surface area contributed by atoms with Crippen LogP contribution >= 0.6 is 11.8 Å². The summed E-state index contributed by atoms with van der Waals surface area (Å²) in [4.78, 5) is 27.2. The predicted octanol–water partition coefficient (Wildman–Crippen LogP) is 2.61. The Morgan fingerprint density at radius 1 is 1.18 bits per heavy atom. The molecule has 2 amide bonds. The Hall–Kier alpha value is -2.45. The first-order valence-corrected chi connectivity index (χ1v) is 10.6. The van der Waals surface area contributed by atoms with E-state index in [4.69, 9.17) is 9.15 Å². The van der Waals surface area contributed by atoms with Crippen molar-refractivity contribution in [2.24, 2.45) is 0 Å². The Kier molecular flexibility index (Phi) is 7.39. The zero-order valence-corrected chi connectivity index (χ0v) is 16.7. The summed E-state index contributed by atoms with van der Waals surface area (Å²) in [7, 11) is 0. The maximum absolute atomic E-state index is 12.7. The van der Waals surface area contributed by atoms with E-state index in [0.717, 1.165) is 37.7 Å². The van der Waals surface area contributed by atoms with Crippen LogP contribution in [0.15, 0.2) is 47.1 Å². The number of furan rings is 1. The summed E-state index contributed by atoms with van der Waals surface area (Å²) in [5.74, 6) is 0.311. The van der Waals surface area contributed by atoms with E-state index in [2.05, 4.69) is 15.5 Å². The molecule has 0 unspecified atom stereocenters. The third-order valence-corrected chi connectivity index (χ3v) is 5.13. The number of carbonyl (C=O) groups excluding carboxylic acids is 2. The van der Waals surface area contributed by atoms with E-state index in [-0.39, 0.29) is 11.7 Å². The highest BCUT2D eigenvalue weighted by Gasteiger charge is 2.22. The van der Waals surface area contributed by atoms with E-state index in [1.807, 2.05) is 30.5 Å². The van der Waals surface area contributed by atoms with Crippen molar-refractivity contribution in [3.63, 3.8) is 0 Å². The van der Waals surface area contributed by atoms with Crippen molar-refractivity contribution in [3.05, 3.63) is 48.4 Å². The molecule has 1 fully saturated rings. The number of thioether (sulfide) groups is 1. The number of carbonyl (C=O) groups is 2. The Labute approximate surface area is 168 Å². The lowest BCUT2D eigenvalue weighted by Crippen LogP contribution is -2.44. The molecule has 0 spiro atoms. The van der Waals surface area contributed by atoms with Crippen LogP contribution in [0.1, 0.15) is 17.0 Å². The van der Waals surface area contributed by atoms with Crippen molar-refractivity contribution in [2.75, 3.05) is 48.5 Å². The van der Waals surface area contributed by atoms with Crippen LogP contribution in [0.25, 0.3) is 0 Å². The molecule has 0 radical (unpaired) electrons. The van der Waals surface area contributed by atoms with Gasteiger partial charge in [-0.15, -0.1) is 0 Å². The van der Waals surface area contributed by atoms with Crippen LogP contribution in [0.5, 0.6) is 0 Å². The molecule has 3 rings (SSSR count). The number of anilines is 2. The SMILES string of the molecule is CSCC[C@@H](NC(=O)c1ccco1)C(=O)Nc1ccc(N2CCOCC2)cc1. The van der Waals surface area contributed by atoms with Crippen LogP contribution in [0.2, 0.25) is 0 Å². The summed E-state index contributed by atoms with van der Waals surface area (Å²) in [6, 6.07) is 10.3. The molecule has 0 aliphatic carbocycles. The second kappa shape index (κ2) is 10.2. The van der Waals surface area contributed by atoms with Crippen LogP contribution in [-0.2, 0) is 9.53 Å². The monoisotopic (exact) mass is 403 g/mol. The van der Waals surface area contributed by atoms with Gasteiger partial charge in [-0.25, -0.2) is 0 Å². The largest absolute Gasteiger partial charge is 0.459 e. The molecule has 1 aliphatic heterocycles. The molecule has 1 aromatic heterocycles. The molecule has 2 aromatic rings. The van der Waals surface area contributed by atoms with Crippen LogP contribution in [0, 0.1) is 0 Å². The number of hydrogen-bond donors (Lipinski definition) is 2. The number of benzene rings is 1. The quantitative estimate of drug-likeness (QED) is 0.705. The highest BCUT2D eigenvalue weighted by molar-refractivity contribution is 7.98. The summed E-state index contributed by atoms with van der Waals surface area (Å²) in [6.07, 6.45) is 3.93. The molecule has 150 valence electrons. The molecule has 2 N–H and O–H groups in total. The molecule has 0 bridgehead atoms. The highest BCUT2D eigenvalue weighted by Crippen LogP contribution is 2.19. The Morgan fingerprint density at radius 2 is 1.93 bits per heavy atom. The van der Waals surface area contributed by atoms with Gasteiger partial charge in [0.15, 0.2) is 5.76 Å². The van der Waals surface area contributed by atoms with Gasteiger partial charge in [-0.05, 0) is 54.8 Å². The second-order valence-electron chi connectivity index (χ2n) is 6.42. The smallest absolute Gasteiger partial charge is 0.287 e. The van der Waals surface area contributed by atoms with Crippen molar-refractivity contribution in [1.29, 1.82) is 0 Å². The lowest BCUT2D eigenvalue weighted by molar-refractivity contribution is -0.118. The van der Waals surface area contributed by atoms with E-state index < -0.39 is 11.9 Å². The standard InChI is InChI=1S/C20H25N3O4S/c1-28-14-8-17(22-20(25)18-3-2-11-27-18)19(24)21-15-4-6-16(7-5-15)23-9-12-26-13-10-23/h2-7,11,17H,8-10,12-14H2,1H3,(H,21,24)(H,22,25)/t17-/m1/s1. The van der Waals surface area contributed by atoms with Crippen LogP contribution < -0.4 is 15.5 Å². The first-order valence-electron chi connectivity index (χ1n) is 9.24. The predicted molar refractivity (Wildman–Crippen MR) is 111 cm³/mol. The maximum atomic E-state index is 12.7. The van der Waals surface area contributed by atoms with Crippen LogP contribution in [-0.4, -0.2) is 56.2 Å². The van der Waals surface area contributed by atoms with Gasteiger partial charge >= 0.3 is 0 Å². The molecule has 2 heterocycles. The summed E-state index contributed by atoms with van der Waals surface area (Å²) in [5.41, 5.74) is 1.80. The average molecular weight is 404 g/mol. The minimum absolute atomic E-state index is 0.191. The van der Waals surface area contributed by atoms with Gasteiger partial charge in [0.25, 0.3) is 5.91 Å². The molecule has 1 saturated heterocycles. The number of morpholine rings is 1. The van der Waals surface area contributed by atoms with Crippen LogP contribution in [0.3, 0.4) is 0 Å². The molecule has 0 saturated carbocycles. The van der Waals surface area contributed by atoms with Gasteiger partial charge < -0.3 is 24.7 Å². The van der Waals surface area contributed by atoms with E-state index in [1.165, 1.54) is 6.26 Å². The van der Waals surface area contributed by atoms with E-state index in [9.17, 15) is 9.59 Å². The van der Waals surface area contributed by atoms with Crippen LogP contribution in [0.4, 0.5) is 11.4 Å². The molecular weight excluding hydrogens is 378 g/mol. The molecular formula is C20H25N3O4S. The number of amides is 2. The summed E-state index contributed by atoms with van der Waals surface area (Å²) in [5, 5.41) is 5.65. The fourth-order valence-corrected chi connectivity index (χ4v) is 3.42. The molecule has 1 aliphatic rings.